The first-order valence-electron chi connectivity index (χ1n) is 6.92. The van der Waals surface area contributed by atoms with Gasteiger partial charge in [0.1, 0.15) is 5.75 Å². The van der Waals surface area contributed by atoms with Crippen molar-refractivity contribution in [3.8, 4) is 5.75 Å². The Bertz CT molecular complexity index is 461. The standard InChI is InChI=1S/C16H22O3/c1-10(2)13-7-6-12(8-15(13)19-3)14(9-16(17)18)11-4-5-11/h6-8,10-11,14H,4-5,9H2,1-3H3,(H,17,18). The van der Waals surface area contributed by atoms with Crippen molar-refractivity contribution in [1.29, 1.82) is 0 Å². The molecule has 3 heteroatoms. The fourth-order valence-corrected chi connectivity index (χ4v) is 2.68. The van der Waals surface area contributed by atoms with E-state index < -0.39 is 5.97 Å². The number of benzene rings is 1. The fraction of sp³-hybridized carbons (Fsp3) is 0.562. The number of carboxylic acid groups (broad SMARTS) is 1. The van der Waals surface area contributed by atoms with Gasteiger partial charge in [-0.05, 0) is 47.8 Å². The lowest BCUT2D eigenvalue weighted by Crippen LogP contribution is -2.09. The molecule has 1 aliphatic carbocycles. The highest BCUT2D eigenvalue weighted by Gasteiger charge is 2.34. The molecule has 3 nitrogen and oxygen atoms in total. The third-order valence-electron chi connectivity index (χ3n) is 3.89. The minimum atomic E-state index is -0.719. The Morgan fingerprint density at radius 1 is 1.42 bits per heavy atom. The number of ether oxygens (including phenoxy) is 1. The van der Waals surface area contributed by atoms with Gasteiger partial charge in [0.15, 0.2) is 0 Å². The molecule has 0 bridgehead atoms. The molecule has 2 rings (SSSR count). The maximum atomic E-state index is 11.0. The summed E-state index contributed by atoms with van der Waals surface area (Å²) in [4.78, 5) is 11.0. The zero-order valence-electron chi connectivity index (χ0n) is 11.8. The smallest absolute Gasteiger partial charge is 0.303 e. The number of aliphatic carboxylic acids is 1. The second kappa shape index (κ2) is 5.64. The number of rotatable bonds is 6. The number of hydrogen-bond donors (Lipinski definition) is 1. The van der Waals surface area contributed by atoms with E-state index in [9.17, 15) is 4.79 Å². The van der Waals surface area contributed by atoms with E-state index in [1.807, 2.05) is 6.07 Å². The Morgan fingerprint density at radius 2 is 2.11 bits per heavy atom. The quantitative estimate of drug-likeness (QED) is 0.848. The van der Waals surface area contributed by atoms with Gasteiger partial charge in [-0.3, -0.25) is 4.79 Å². The highest BCUT2D eigenvalue weighted by Crippen LogP contribution is 2.45. The van der Waals surface area contributed by atoms with E-state index in [1.165, 1.54) is 5.56 Å². The van der Waals surface area contributed by atoms with E-state index >= 15 is 0 Å². The van der Waals surface area contributed by atoms with Gasteiger partial charge in [-0.1, -0.05) is 26.0 Å². The molecule has 0 heterocycles. The molecule has 1 atom stereocenters. The summed E-state index contributed by atoms with van der Waals surface area (Å²) < 4.78 is 5.46. The van der Waals surface area contributed by atoms with Gasteiger partial charge in [0.05, 0.1) is 13.5 Å². The van der Waals surface area contributed by atoms with Gasteiger partial charge < -0.3 is 9.84 Å². The second-order valence-electron chi connectivity index (χ2n) is 5.70. The lowest BCUT2D eigenvalue weighted by atomic mass is 9.89. The third-order valence-corrected chi connectivity index (χ3v) is 3.89. The Kier molecular flexibility index (Phi) is 4.13. The molecule has 0 spiro atoms. The molecule has 1 unspecified atom stereocenters. The lowest BCUT2D eigenvalue weighted by Gasteiger charge is -2.18. The molecular weight excluding hydrogens is 240 g/mol. The summed E-state index contributed by atoms with van der Waals surface area (Å²) in [6.45, 7) is 4.26. The minimum Gasteiger partial charge on any atom is -0.496 e. The summed E-state index contributed by atoms with van der Waals surface area (Å²) in [5.41, 5.74) is 2.28. The Labute approximate surface area is 114 Å². The maximum absolute atomic E-state index is 11.0. The topological polar surface area (TPSA) is 46.5 Å². The monoisotopic (exact) mass is 262 g/mol. The van der Waals surface area contributed by atoms with Crippen molar-refractivity contribution in [2.45, 2.75) is 44.9 Å². The fourth-order valence-electron chi connectivity index (χ4n) is 2.68. The van der Waals surface area contributed by atoms with Crippen LogP contribution < -0.4 is 4.74 Å². The minimum absolute atomic E-state index is 0.132. The van der Waals surface area contributed by atoms with Crippen molar-refractivity contribution in [3.63, 3.8) is 0 Å². The molecule has 1 saturated carbocycles. The highest BCUT2D eigenvalue weighted by atomic mass is 16.5. The van der Waals surface area contributed by atoms with Crippen molar-refractivity contribution in [2.24, 2.45) is 5.92 Å². The van der Waals surface area contributed by atoms with Crippen LogP contribution in [0.1, 0.15) is 56.1 Å². The summed E-state index contributed by atoms with van der Waals surface area (Å²) in [5.74, 6) is 1.23. The lowest BCUT2D eigenvalue weighted by molar-refractivity contribution is -0.137. The van der Waals surface area contributed by atoms with Crippen LogP contribution in [-0.4, -0.2) is 18.2 Å². The molecule has 1 aromatic rings. The van der Waals surface area contributed by atoms with E-state index in [0.29, 0.717) is 11.8 Å². The Morgan fingerprint density at radius 3 is 2.58 bits per heavy atom. The third kappa shape index (κ3) is 3.28. The molecule has 0 aromatic heterocycles. The first-order valence-corrected chi connectivity index (χ1v) is 6.92. The average molecular weight is 262 g/mol. The zero-order chi connectivity index (χ0) is 14.0. The van der Waals surface area contributed by atoms with Crippen LogP contribution in [0.15, 0.2) is 18.2 Å². The van der Waals surface area contributed by atoms with Gasteiger partial charge in [0.2, 0.25) is 0 Å². The summed E-state index contributed by atoms with van der Waals surface area (Å²) in [7, 11) is 1.67. The Hall–Kier alpha value is -1.51. The number of hydrogen-bond acceptors (Lipinski definition) is 2. The molecule has 0 radical (unpaired) electrons. The average Bonchev–Trinajstić information content (AvgIpc) is 3.19. The molecule has 0 amide bonds. The maximum Gasteiger partial charge on any atom is 0.303 e. The first-order chi connectivity index (χ1) is 9.02. The normalized spacial score (nSPS) is 16.4. The molecule has 0 saturated heterocycles. The van der Waals surface area contributed by atoms with E-state index in [2.05, 4.69) is 26.0 Å². The van der Waals surface area contributed by atoms with Gasteiger partial charge in [-0.2, -0.15) is 0 Å². The van der Waals surface area contributed by atoms with Gasteiger partial charge in [-0.15, -0.1) is 0 Å². The van der Waals surface area contributed by atoms with Crippen LogP contribution in [0.3, 0.4) is 0 Å². The molecule has 1 fully saturated rings. The summed E-state index contributed by atoms with van der Waals surface area (Å²) in [6, 6.07) is 6.18. The number of carboxylic acids is 1. The molecule has 0 aliphatic heterocycles. The molecule has 1 aliphatic rings. The van der Waals surface area contributed by atoms with E-state index in [0.717, 1.165) is 24.2 Å². The van der Waals surface area contributed by atoms with Crippen molar-refractivity contribution < 1.29 is 14.6 Å². The van der Waals surface area contributed by atoms with Crippen LogP contribution in [0.4, 0.5) is 0 Å². The second-order valence-corrected chi connectivity index (χ2v) is 5.70. The van der Waals surface area contributed by atoms with Crippen molar-refractivity contribution in [1.82, 2.24) is 0 Å². The molecule has 1 aromatic carbocycles. The van der Waals surface area contributed by atoms with Gasteiger partial charge >= 0.3 is 5.97 Å². The van der Waals surface area contributed by atoms with Crippen molar-refractivity contribution >= 4 is 5.97 Å². The largest absolute Gasteiger partial charge is 0.496 e. The molecular formula is C16H22O3. The van der Waals surface area contributed by atoms with Crippen molar-refractivity contribution in [3.05, 3.63) is 29.3 Å². The van der Waals surface area contributed by atoms with E-state index in [4.69, 9.17) is 9.84 Å². The van der Waals surface area contributed by atoms with Crippen LogP contribution in [0.2, 0.25) is 0 Å². The summed E-state index contributed by atoms with van der Waals surface area (Å²) >= 11 is 0. The van der Waals surface area contributed by atoms with Crippen LogP contribution in [0, 0.1) is 5.92 Å². The van der Waals surface area contributed by atoms with Crippen LogP contribution in [0.25, 0.3) is 0 Å². The molecule has 1 N–H and O–H groups in total. The predicted molar refractivity (Wildman–Crippen MR) is 74.8 cm³/mol. The Balaban J connectivity index is 2.29. The van der Waals surface area contributed by atoms with Crippen LogP contribution in [0.5, 0.6) is 5.75 Å². The number of carbonyl (C=O) groups is 1. The van der Waals surface area contributed by atoms with E-state index in [-0.39, 0.29) is 12.3 Å². The molecule has 104 valence electrons. The van der Waals surface area contributed by atoms with Crippen LogP contribution in [-0.2, 0) is 4.79 Å². The highest BCUT2D eigenvalue weighted by molar-refractivity contribution is 5.68. The zero-order valence-corrected chi connectivity index (χ0v) is 11.8. The van der Waals surface area contributed by atoms with Crippen LogP contribution >= 0.6 is 0 Å². The summed E-state index contributed by atoms with van der Waals surface area (Å²) in [5, 5.41) is 9.06. The molecule has 19 heavy (non-hydrogen) atoms. The summed E-state index contributed by atoms with van der Waals surface area (Å²) in [6.07, 6.45) is 2.51. The van der Waals surface area contributed by atoms with Gasteiger partial charge in [-0.25, -0.2) is 0 Å². The van der Waals surface area contributed by atoms with Gasteiger partial charge in [0.25, 0.3) is 0 Å². The van der Waals surface area contributed by atoms with E-state index in [1.54, 1.807) is 7.11 Å². The number of methoxy groups -OCH3 is 1. The van der Waals surface area contributed by atoms with Gasteiger partial charge in [0, 0.05) is 0 Å². The predicted octanol–water partition coefficient (Wildman–Crippen LogP) is 3.79. The SMILES string of the molecule is COc1cc(C(CC(=O)O)C2CC2)ccc1C(C)C. The first kappa shape index (κ1) is 13.9. The van der Waals surface area contributed by atoms with Crippen molar-refractivity contribution in [2.75, 3.05) is 7.11 Å².